The highest BCUT2D eigenvalue weighted by molar-refractivity contribution is 5.84. The van der Waals surface area contributed by atoms with Crippen molar-refractivity contribution >= 4 is 29.1 Å². The zero-order valence-electron chi connectivity index (χ0n) is 23.5. The number of nitrogen functional groups attached to an aromatic ring is 1. The highest BCUT2D eigenvalue weighted by Gasteiger charge is 2.44. The average Bonchev–Trinajstić information content (AvgIpc) is 3.60. The van der Waals surface area contributed by atoms with E-state index < -0.39 is 31.1 Å². The number of anilines is 2. The molecule has 1 aliphatic rings. The Hall–Kier alpha value is -5.08. The molecule has 6 rings (SSSR count). The Morgan fingerprint density at radius 3 is 2.25 bits per heavy atom. The maximum atomic E-state index is 10.5. The zero-order valence-corrected chi connectivity index (χ0v) is 23.5. The fourth-order valence-electron chi connectivity index (χ4n) is 4.76. The van der Waals surface area contributed by atoms with Crippen molar-refractivity contribution in [1.82, 2.24) is 19.5 Å². The lowest BCUT2D eigenvalue weighted by Gasteiger charge is -2.16. The first-order valence-electron chi connectivity index (χ1n) is 13.9. The highest BCUT2D eigenvalue weighted by Crippen LogP contribution is 2.33. The van der Waals surface area contributed by atoms with E-state index in [1.807, 2.05) is 78.9 Å². The van der Waals surface area contributed by atoms with Crippen LogP contribution in [0, 0.1) is 0 Å². The third-order valence-corrected chi connectivity index (χ3v) is 7.06. The number of hydrogen-bond acceptors (Lipinski definition) is 12. The maximum absolute atomic E-state index is 10.5. The predicted molar refractivity (Wildman–Crippen MR) is 162 cm³/mol. The number of nitrogens with one attached hydrogen (secondary N) is 1. The van der Waals surface area contributed by atoms with Gasteiger partial charge in [0.05, 0.1) is 19.1 Å². The summed E-state index contributed by atoms with van der Waals surface area (Å²) in [6.45, 7) is 0.286. The van der Waals surface area contributed by atoms with Gasteiger partial charge < -0.3 is 35.3 Å². The Bertz CT molecular complexity index is 1730. The molecule has 0 saturated carbocycles. The molecule has 1 aliphatic heterocycles. The fraction of sp³-hybridized carbons (Fsp3) is 0.226. The molecule has 0 amide bonds. The van der Waals surface area contributed by atoms with E-state index in [-0.39, 0.29) is 22.9 Å². The minimum absolute atomic E-state index is 0.0723. The van der Waals surface area contributed by atoms with Crippen molar-refractivity contribution in [2.24, 2.45) is 5.10 Å². The van der Waals surface area contributed by atoms with Crippen LogP contribution in [-0.2, 0) is 18.0 Å². The zero-order chi connectivity index (χ0) is 30.5. The molecule has 13 nitrogen and oxygen atoms in total. The monoisotopic (exact) mass is 597 g/mol. The van der Waals surface area contributed by atoms with Crippen molar-refractivity contribution in [3.8, 4) is 11.5 Å². The van der Waals surface area contributed by atoms with Gasteiger partial charge in [-0.2, -0.15) is 15.1 Å². The van der Waals surface area contributed by atoms with Crippen LogP contribution < -0.4 is 20.6 Å². The molecule has 226 valence electrons. The molecule has 44 heavy (non-hydrogen) atoms. The van der Waals surface area contributed by atoms with Gasteiger partial charge in [-0.3, -0.25) is 4.57 Å². The SMILES string of the molecule is Nc1nc(NN=Cc2ccc(OCc3ccccc3)c(OCc3ccccc3)c2)nc2c1ncn2[C@@H]1O[C@H](CO)[C@@H](O)[C@H]1O. The van der Waals surface area contributed by atoms with Gasteiger partial charge in [-0.05, 0) is 34.9 Å². The van der Waals surface area contributed by atoms with Gasteiger partial charge in [0.15, 0.2) is 29.2 Å². The number of fused-ring (bicyclic) bond motifs is 1. The highest BCUT2D eigenvalue weighted by atomic mass is 16.6. The molecule has 6 N–H and O–H groups in total. The van der Waals surface area contributed by atoms with Crippen molar-refractivity contribution in [1.29, 1.82) is 0 Å². The summed E-state index contributed by atoms with van der Waals surface area (Å²) in [6, 6.07) is 25.2. The summed E-state index contributed by atoms with van der Waals surface area (Å²) in [5, 5.41) is 34.3. The standard InChI is InChI=1S/C31H31N7O6/c32-28-25-29(38(18-33-25)30-27(41)26(40)24(15-39)44-30)36-31(35-28)37-34-14-21-11-12-22(42-16-19-7-3-1-4-8-19)23(13-21)43-17-20-9-5-2-6-10-20/h1-14,18,24,26-27,30,39-41H,15-17H2,(H3,32,35,36,37)/t24-,26-,27-,30-/m1/s1. The first kappa shape index (κ1) is 29.0. The van der Waals surface area contributed by atoms with Crippen LogP contribution in [0.15, 0.2) is 90.3 Å². The number of hydrazone groups is 1. The number of nitrogens with two attached hydrogens (primary N) is 1. The molecule has 1 saturated heterocycles. The largest absolute Gasteiger partial charge is 0.485 e. The molecule has 0 spiro atoms. The van der Waals surface area contributed by atoms with Crippen molar-refractivity contribution < 1.29 is 29.5 Å². The summed E-state index contributed by atoms with van der Waals surface area (Å²) >= 11 is 0. The van der Waals surface area contributed by atoms with Crippen molar-refractivity contribution in [3.63, 3.8) is 0 Å². The van der Waals surface area contributed by atoms with Crippen LogP contribution in [0.1, 0.15) is 22.9 Å². The number of aromatic nitrogens is 4. The van der Waals surface area contributed by atoms with E-state index in [4.69, 9.17) is 19.9 Å². The minimum atomic E-state index is -1.31. The van der Waals surface area contributed by atoms with Gasteiger partial charge in [0.1, 0.15) is 37.0 Å². The number of imidazole rings is 1. The Morgan fingerprint density at radius 1 is 0.909 bits per heavy atom. The molecule has 5 aromatic rings. The molecule has 13 heteroatoms. The van der Waals surface area contributed by atoms with Gasteiger partial charge in [0, 0.05) is 0 Å². The van der Waals surface area contributed by atoms with Crippen LogP contribution in [0.2, 0.25) is 0 Å². The Labute approximate surface area is 252 Å². The lowest BCUT2D eigenvalue weighted by Crippen LogP contribution is -2.33. The quantitative estimate of drug-likeness (QED) is 0.111. The van der Waals surface area contributed by atoms with Crippen LogP contribution in [0.25, 0.3) is 11.2 Å². The molecular weight excluding hydrogens is 566 g/mol. The second kappa shape index (κ2) is 13.1. The summed E-state index contributed by atoms with van der Waals surface area (Å²) in [5.41, 5.74) is 12.2. The van der Waals surface area contributed by atoms with Gasteiger partial charge in [-0.25, -0.2) is 10.4 Å². The van der Waals surface area contributed by atoms with Crippen LogP contribution in [0.4, 0.5) is 11.8 Å². The first-order valence-corrected chi connectivity index (χ1v) is 13.9. The summed E-state index contributed by atoms with van der Waals surface area (Å²) in [5.74, 6) is 1.30. The van der Waals surface area contributed by atoms with Gasteiger partial charge in [-0.15, -0.1) is 0 Å². The normalized spacial score (nSPS) is 19.9. The Balaban J connectivity index is 1.20. The molecule has 0 unspecified atom stereocenters. The van der Waals surface area contributed by atoms with Gasteiger partial charge >= 0.3 is 0 Å². The number of aliphatic hydroxyl groups is 3. The van der Waals surface area contributed by atoms with Crippen molar-refractivity contribution in [2.75, 3.05) is 17.8 Å². The Kier molecular flexibility index (Phi) is 8.61. The Morgan fingerprint density at radius 2 is 1.59 bits per heavy atom. The van der Waals surface area contributed by atoms with E-state index in [0.29, 0.717) is 24.7 Å². The minimum Gasteiger partial charge on any atom is -0.485 e. The molecule has 1 fully saturated rings. The van der Waals surface area contributed by atoms with Crippen LogP contribution >= 0.6 is 0 Å². The smallest absolute Gasteiger partial charge is 0.247 e. The van der Waals surface area contributed by atoms with Crippen LogP contribution in [-0.4, -0.2) is 66.0 Å². The van der Waals surface area contributed by atoms with Crippen molar-refractivity contribution in [3.05, 3.63) is 102 Å². The van der Waals surface area contributed by atoms with Gasteiger partial charge in [0.25, 0.3) is 0 Å². The van der Waals surface area contributed by atoms with Crippen LogP contribution in [0.5, 0.6) is 11.5 Å². The van der Waals surface area contributed by atoms with Gasteiger partial charge in [0.2, 0.25) is 5.95 Å². The molecule has 3 aromatic carbocycles. The summed E-state index contributed by atoms with van der Waals surface area (Å²) < 4.78 is 19.3. The van der Waals surface area contributed by atoms with E-state index in [1.165, 1.54) is 10.9 Å². The van der Waals surface area contributed by atoms with E-state index in [2.05, 4.69) is 25.5 Å². The molecule has 0 bridgehead atoms. The third-order valence-electron chi connectivity index (χ3n) is 7.06. The molecule has 4 atom stereocenters. The molecule has 3 heterocycles. The second-order valence-corrected chi connectivity index (χ2v) is 10.1. The van der Waals surface area contributed by atoms with E-state index in [0.717, 1.165) is 16.7 Å². The number of rotatable bonds is 11. The molecule has 0 aliphatic carbocycles. The van der Waals surface area contributed by atoms with Crippen LogP contribution in [0.3, 0.4) is 0 Å². The number of ether oxygens (including phenoxy) is 3. The van der Waals surface area contributed by atoms with E-state index in [1.54, 1.807) is 6.21 Å². The van der Waals surface area contributed by atoms with E-state index in [9.17, 15) is 15.3 Å². The number of aliphatic hydroxyl groups excluding tert-OH is 3. The molecule has 2 aromatic heterocycles. The topological polar surface area (TPSA) is 182 Å². The number of benzene rings is 3. The number of hydrogen-bond donors (Lipinski definition) is 5. The van der Waals surface area contributed by atoms with Crippen molar-refractivity contribution in [2.45, 2.75) is 37.8 Å². The lowest BCUT2D eigenvalue weighted by molar-refractivity contribution is -0.0511. The number of nitrogens with zero attached hydrogens (tertiary/aromatic N) is 5. The predicted octanol–water partition coefficient (Wildman–Crippen LogP) is 2.62. The summed E-state index contributed by atoms with van der Waals surface area (Å²) in [7, 11) is 0. The molecule has 0 radical (unpaired) electrons. The summed E-state index contributed by atoms with van der Waals surface area (Å²) in [6.07, 6.45) is -1.63. The fourth-order valence-corrected chi connectivity index (χ4v) is 4.76. The first-order chi connectivity index (χ1) is 21.5. The summed E-state index contributed by atoms with van der Waals surface area (Å²) in [4.78, 5) is 12.9. The maximum Gasteiger partial charge on any atom is 0.247 e. The molecular formula is C31H31N7O6. The van der Waals surface area contributed by atoms with Gasteiger partial charge in [-0.1, -0.05) is 60.7 Å². The van der Waals surface area contributed by atoms with E-state index >= 15 is 0 Å². The lowest BCUT2D eigenvalue weighted by atomic mass is 10.1. The third kappa shape index (κ3) is 6.31. The second-order valence-electron chi connectivity index (χ2n) is 10.1. The average molecular weight is 598 g/mol.